The van der Waals surface area contributed by atoms with Crippen LogP contribution in [-0.4, -0.2) is 34.0 Å². The third-order valence-corrected chi connectivity index (χ3v) is 4.68. The van der Waals surface area contributed by atoms with E-state index < -0.39 is 6.04 Å². The Labute approximate surface area is 163 Å². The smallest absolute Gasteiger partial charge is 0.261 e. The Morgan fingerprint density at radius 2 is 1.96 bits per heavy atom. The molecule has 6 heteroatoms. The van der Waals surface area contributed by atoms with Crippen LogP contribution in [0.25, 0.3) is 10.9 Å². The van der Waals surface area contributed by atoms with E-state index in [1.807, 2.05) is 30.3 Å². The maximum Gasteiger partial charge on any atom is 0.261 e. The summed E-state index contributed by atoms with van der Waals surface area (Å²) in [5, 5.41) is 0.490. The van der Waals surface area contributed by atoms with Gasteiger partial charge in [-0.15, -0.1) is 6.58 Å². The highest BCUT2D eigenvalue weighted by Crippen LogP contribution is 2.21. The predicted octanol–water partition coefficient (Wildman–Crippen LogP) is 3.18. The number of para-hydroxylation sites is 2. The molecule has 0 fully saturated rings. The number of ether oxygens (including phenoxy) is 1. The average Bonchev–Trinajstić information content (AvgIpc) is 2.73. The molecule has 28 heavy (non-hydrogen) atoms. The summed E-state index contributed by atoms with van der Waals surface area (Å²) < 4.78 is 6.77. The molecule has 0 spiro atoms. The number of amides is 1. The van der Waals surface area contributed by atoms with E-state index in [9.17, 15) is 9.59 Å². The zero-order valence-corrected chi connectivity index (χ0v) is 16.0. The van der Waals surface area contributed by atoms with Gasteiger partial charge in [0.2, 0.25) is 5.91 Å². The third kappa shape index (κ3) is 3.81. The molecule has 3 aromatic rings. The Bertz CT molecular complexity index is 1060. The topological polar surface area (TPSA) is 64.4 Å². The lowest BCUT2D eigenvalue weighted by Gasteiger charge is -2.26. The summed E-state index contributed by atoms with van der Waals surface area (Å²) in [5.41, 5.74) is 1.26. The van der Waals surface area contributed by atoms with Crippen molar-refractivity contribution in [2.24, 2.45) is 0 Å². The first-order chi connectivity index (χ1) is 13.6. The lowest BCUT2D eigenvalue weighted by molar-refractivity contribution is -0.134. The molecule has 144 valence electrons. The molecular formula is C22H23N3O3. The van der Waals surface area contributed by atoms with Crippen molar-refractivity contribution >= 4 is 16.8 Å². The standard InChI is InChI=1S/C22H23N3O3/c1-4-13-24(14-17-9-5-8-12-20(17)28-3)21(26)16(2)25-15-23-19-11-7-6-10-18(19)22(25)27/h4-12,15-16H,1,13-14H2,2-3H3/t16-/m0/s1. The lowest BCUT2D eigenvalue weighted by Crippen LogP contribution is -2.39. The van der Waals surface area contributed by atoms with Crippen molar-refractivity contribution in [2.75, 3.05) is 13.7 Å². The largest absolute Gasteiger partial charge is 0.496 e. The van der Waals surface area contributed by atoms with E-state index in [0.717, 1.165) is 5.56 Å². The van der Waals surface area contributed by atoms with Crippen LogP contribution in [0.2, 0.25) is 0 Å². The first kappa shape index (κ1) is 19.4. The minimum absolute atomic E-state index is 0.190. The van der Waals surface area contributed by atoms with E-state index in [1.54, 1.807) is 43.2 Å². The number of fused-ring (bicyclic) bond motifs is 1. The molecule has 6 nitrogen and oxygen atoms in total. The fourth-order valence-electron chi connectivity index (χ4n) is 3.17. The number of carbonyl (C=O) groups is 1. The Hall–Kier alpha value is -3.41. The first-order valence-corrected chi connectivity index (χ1v) is 9.04. The number of carbonyl (C=O) groups excluding carboxylic acids is 1. The first-order valence-electron chi connectivity index (χ1n) is 9.04. The molecule has 0 aliphatic heterocycles. The monoisotopic (exact) mass is 377 g/mol. The molecule has 1 heterocycles. The van der Waals surface area contributed by atoms with Crippen molar-refractivity contribution in [2.45, 2.75) is 19.5 Å². The van der Waals surface area contributed by atoms with Crippen LogP contribution in [0.3, 0.4) is 0 Å². The van der Waals surface area contributed by atoms with Crippen LogP contribution in [0.1, 0.15) is 18.5 Å². The fraction of sp³-hybridized carbons (Fsp3) is 0.227. The second kappa shape index (κ2) is 8.52. The Morgan fingerprint density at radius 1 is 1.25 bits per heavy atom. The second-order valence-electron chi connectivity index (χ2n) is 6.47. The minimum Gasteiger partial charge on any atom is -0.496 e. The van der Waals surface area contributed by atoms with Crippen LogP contribution in [0.5, 0.6) is 5.75 Å². The van der Waals surface area contributed by atoms with Crippen molar-refractivity contribution in [3.63, 3.8) is 0 Å². The zero-order chi connectivity index (χ0) is 20.1. The Kier molecular flexibility index (Phi) is 5.89. The molecule has 0 aliphatic carbocycles. The molecule has 1 amide bonds. The van der Waals surface area contributed by atoms with Crippen LogP contribution in [0, 0.1) is 0 Å². The molecule has 2 aromatic carbocycles. The maximum atomic E-state index is 13.2. The number of hydrogen-bond acceptors (Lipinski definition) is 4. The zero-order valence-electron chi connectivity index (χ0n) is 16.0. The predicted molar refractivity (Wildman–Crippen MR) is 109 cm³/mol. The molecule has 0 aliphatic rings. The normalized spacial score (nSPS) is 11.8. The van der Waals surface area contributed by atoms with Crippen LogP contribution < -0.4 is 10.3 Å². The molecule has 0 saturated carbocycles. The summed E-state index contributed by atoms with van der Waals surface area (Å²) in [7, 11) is 1.60. The quantitative estimate of drug-likeness (QED) is 0.593. The van der Waals surface area contributed by atoms with Crippen LogP contribution >= 0.6 is 0 Å². The number of benzene rings is 2. The van der Waals surface area contributed by atoms with E-state index in [-0.39, 0.29) is 11.5 Å². The summed E-state index contributed by atoms with van der Waals surface area (Å²) >= 11 is 0. The summed E-state index contributed by atoms with van der Waals surface area (Å²) in [4.78, 5) is 32.0. The Morgan fingerprint density at radius 3 is 2.71 bits per heavy atom. The van der Waals surface area contributed by atoms with Crippen molar-refractivity contribution in [1.29, 1.82) is 0 Å². The minimum atomic E-state index is -0.695. The number of nitrogens with zero attached hydrogens (tertiary/aromatic N) is 3. The highest BCUT2D eigenvalue weighted by atomic mass is 16.5. The van der Waals surface area contributed by atoms with E-state index in [4.69, 9.17) is 4.74 Å². The van der Waals surface area contributed by atoms with Gasteiger partial charge in [0.15, 0.2) is 0 Å². The van der Waals surface area contributed by atoms with Gasteiger partial charge in [0.1, 0.15) is 11.8 Å². The molecule has 0 unspecified atom stereocenters. The summed E-state index contributed by atoms with van der Waals surface area (Å²) in [6.45, 7) is 6.17. The number of hydrogen-bond donors (Lipinski definition) is 0. The number of methoxy groups -OCH3 is 1. The highest BCUT2D eigenvalue weighted by molar-refractivity contribution is 5.81. The molecule has 0 N–H and O–H groups in total. The molecule has 1 atom stereocenters. The SMILES string of the molecule is C=CCN(Cc1ccccc1OC)C(=O)[C@H](C)n1cnc2ccccc2c1=O. The molecule has 3 rings (SSSR count). The van der Waals surface area contributed by atoms with Gasteiger partial charge in [0.05, 0.1) is 24.3 Å². The van der Waals surface area contributed by atoms with Crippen LogP contribution in [0.15, 0.2) is 72.3 Å². The molecule has 1 aromatic heterocycles. The van der Waals surface area contributed by atoms with Crippen molar-refractivity contribution < 1.29 is 9.53 Å². The van der Waals surface area contributed by atoms with Crippen molar-refractivity contribution in [3.05, 3.63) is 83.4 Å². The molecule has 0 bridgehead atoms. The number of rotatable bonds is 7. The molecule has 0 saturated heterocycles. The third-order valence-electron chi connectivity index (χ3n) is 4.68. The van der Waals surface area contributed by atoms with Gasteiger partial charge in [-0.05, 0) is 25.1 Å². The van der Waals surface area contributed by atoms with E-state index in [0.29, 0.717) is 29.7 Å². The second-order valence-corrected chi connectivity index (χ2v) is 6.47. The lowest BCUT2D eigenvalue weighted by atomic mass is 10.1. The van der Waals surface area contributed by atoms with Gasteiger partial charge in [0.25, 0.3) is 5.56 Å². The van der Waals surface area contributed by atoms with Crippen molar-refractivity contribution in [1.82, 2.24) is 14.5 Å². The van der Waals surface area contributed by atoms with E-state index >= 15 is 0 Å². The maximum absolute atomic E-state index is 13.2. The molecule has 0 radical (unpaired) electrons. The van der Waals surface area contributed by atoms with Gasteiger partial charge in [-0.25, -0.2) is 4.98 Å². The average molecular weight is 377 g/mol. The number of aromatic nitrogens is 2. The van der Waals surface area contributed by atoms with Gasteiger partial charge in [-0.2, -0.15) is 0 Å². The van der Waals surface area contributed by atoms with Gasteiger partial charge < -0.3 is 9.64 Å². The Balaban J connectivity index is 1.92. The van der Waals surface area contributed by atoms with Crippen LogP contribution in [0.4, 0.5) is 0 Å². The fourth-order valence-corrected chi connectivity index (χ4v) is 3.17. The summed E-state index contributed by atoms with van der Waals surface area (Å²) in [6, 6.07) is 14.0. The van der Waals surface area contributed by atoms with Gasteiger partial charge in [-0.1, -0.05) is 36.4 Å². The summed E-state index contributed by atoms with van der Waals surface area (Å²) in [6.07, 6.45) is 3.10. The van der Waals surface area contributed by atoms with E-state index in [2.05, 4.69) is 11.6 Å². The van der Waals surface area contributed by atoms with Gasteiger partial charge in [0, 0.05) is 18.7 Å². The van der Waals surface area contributed by atoms with Crippen molar-refractivity contribution in [3.8, 4) is 5.75 Å². The highest BCUT2D eigenvalue weighted by Gasteiger charge is 2.23. The van der Waals surface area contributed by atoms with Crippen LogP contribution in [-0.2, 0) is 11.3 Å². The van der Waals surface area contributed by atoms with Gasteiger partial charge in [-0.3, -0.25) is 14.2 Å². The molecular weight excluding hydrogens is 354 g/mol. The van der Waals surface area contributed by atoms with E-state index in [1.165, 1.54) is 10.9 Å². The summed E-state index contributed by atoms with van der Waals surface area (Å²) in [5.74, 6) is 0.520. The van der Waals surface area contributed by atoms with Gasteiger partial charge >= 0.3 is 0 Å².